The van der Waals surface area contributed by atoms with E-state index in [1.165, 1.54) is 12.8 Å². The van der Waals surface area contributed by atoms with E-state index in [9.17, 15) is 5.11 Å². The van der Waals surface area contributed by atoms with Gasteiger partial charge in [-0.2, -0.15) is 0 Å². The van der Waals surface area contributed by atoms with Gasteiger partial charge in [-0.25, -0.2) is 0 Å². The molecular weight excluding hydrogens is 164 g/mol. The fraction of sp³-hybridized carbons (Fsp3) is 0.455. The van der Waals surface area contributed by atoms with Crippen molar-refractivity contribution in [1.82, 2.24) is 0 Å². The lowest BCUT2D eigenvalue weighted by molar-refractivity contribution is 0.290. The van der Waals surface area contributed by atoms with Gasteiger partial charge in [-0.15, -0.1) is 0 Å². The van der Waals surface area contributed by atoms with E-state index in [0.29, 0.717) is 12.4 Å². The van der Waals surface area contributed by atoms with Gasteiger partial charge >= 0.3 is 0 Å². The Balaban J connectivity index is 2.32. The van der Waals surface area contributed by atoms with Crippen LogP contribution < -0.4 is 4.74 Å². The Morgan fingerprint density at radius 3 is 2.69 bits per heavy atom. The van der Waals surface area contributed by atoms with E-state index < -0.39 is 0 Å². The summed E-state index contributed by atoms with van der Waals surface area (Å²) in [5.74, 6) is 0.803. The van der Waals surface area contributed by atoms with E-state index in [-0.39, 0.29) is 5.75 Å². The number of hydrogen-bond donors (Lipinski definition) is 1. The molecule has 0 bridgehead atoms. The molecule has 0 amide bonds. The van der Waals surface area contributed by atoms with Gasteiger partial charge in [-0.05, 0) is 18.6 Å². The van der Waals surface area contributed by atoms with E-state index in [1.54, 1.807) is 18.2 Å². The fourth-order valence-corrected chi connectivity index (χ4v) is 1.11. The number of phenols is 1. The van der Waals surface area contributed by atoms with Gasteiger partial charge in [0.1, 0.15) is 0 Å². The molecule has 0 aliphatic heterocycles. The summed E-state index contributed by atoms with van der Waals surface area (Å²) in [4.78, 5) is 0. The van der Waals surface area contributed by atoms with Gasteiger partial charge in [-0.3, -0.25) is 0 Å². The molecule has 0 saturated carbocycles. The Hall–Kier alpha value is -1.18. The van der Waals surface area contributed by atoms with E-state index in [1.807, 2.05) is 6.07 Å². The van der Waals surface area contributed by atoms with Crippen molar-refractivity contribution in [3.05, 3.63) is 24.3 Å². The Morgan fingerprint density at radius 1 is 1.23 bits per heavy atom. The van der Waals surface area contributed by atoms with Crippen LogP contribution in [0.15, 0.2) is 24.3 Å². The quantitative estimate of drug-likeness (QED) is 0.706. The molecule has 1 rings (SSSR count). The Morgan fingerprint density at radius 2 is 2.00 bits per heavy atom. The highest BCUT2D eigenvalue weighted by Gasteiger charge is 1.98. The van der Waals surface area contributed by atoms with E-state index in [0.717, 1.165) is 6.42 Å². The maximum atomic E-state index is 9.34. The second-order valence-corrected chi connectivity index (χ2v) is 3.02. The first-order valence-electron chi connectivity index (χ1n) is 4.75. The summed E-state index contributed by atoms with van der Waals surface area (Å²) in [5.41, 5.74) is 0. The lowest BCUT2D eigenvalue weighted by atomic mass is 10.3. The lowest BCUT2D eigenvalue weighted by Crippen LogP contribution is -1.96. The number of benzene rings is 1. The van der Waals surface area contributed by atoms with E-state index >= 15 is 0 Å². The number of para-hydroxylation sites is 2. The highest BCUT2D eigenvalue weighted by Crippen LogP contribution is 2.24. The zero-order chi connectivity index (χ0) is 9.52. The van der Waals surface area contributed by atoms with Gasteiger partial charge in [0.25, 0.3) is 0 Å². The molecule has 0 saturated heterocycles. The van der Waals surface area contributed by atoms with Crippen molar-refractivity contribution in [2.24, 2.45) is 0 Å². The van der Waals surface area contributed by atoms with Gasteiger partial charge < -0.3 is 9.84 Å². The van der Waals surface area contributed by atoms with Crippen LogP contribution in [0.2, 0.25) is 0 Å². The predicted octanol–water partition coefficient (Wildman–Crippen LogP) is 2.96. The standard InChI is InChI=1S/C11H16O2/c1-2-3-6-9-13-11-8-5-4-7-10(11)12/h4-5,7-8,12H,2-3,6,9H2,1H3. The van der Waals surface area contributed by atoms with Crippen molar-refractivity contribution in [3.63, 3.8) is 0 Å². The molecule has 13 heavy (non-hydrogen) atoms. The van der Waals surface area contributed by atoms with Crippen molar-refractivity contribution in [1.29, 1.82) is 0 Å². The summed E-state index contributed by atoms with van der Waals surface area (Å²) in [6.07, 6.45) is 3.41. The number of hydrogen-bond acceptors (Lipinski definition) is 2. The van der Waals surface area contributed by atoms with Crippen LogP contribution in [0, 0.1) is 0 Å². The van der Waals surface area contributed by atoms with Gasteiger partial charge in [0.05, 0.1) is 6.61 Å². The third-order valence-electron chi connectivity index (χ3n) is 1.87. The Bertz CT molecular complexity index is 246. The van der Waals surface area contributed by atoms with Crippen molar-refractivity contribution in [2.45, 2.75) is 26.2 Å². The second kappa shape index (κ2) is 5.46. The normalized spacial score (nSPS) is 9.92. The minimum absolute atomic E-state index is 0.221. The molecule has 0 spiro atoms. The number of aromatic hydroxyl groups is 1. The Kier molecular flexibility index (Phi) is 4.16. The monoisotopic (exact) mass is 180 g/mol. The van der Waals surface area contributed by atoms with Gasteiger partial charge in [-0.1, -0.05) is 31.9 Å². The zero-order valence-electron chi connectivity index (χ0n) is 7.99. The first-order chi connectivity index (χ1) is 6.34. The number of rotatable bonds is 5. The van der Waals surface area contributed by atoms with E-state index in [2.05, 4.69) is 6.92 Å². The molecule has 0 fully saturated rings. The molecule has 0 aromatic heterocycles. The van der Waals surface area contributed by atoms with Crippen LogP contribution in [0.4, 0.5) is 0 Å². The average Bonchev–Trinajstić information content (AvgIpc) is 2.15. The molecule has 0 aliphatic rings. The zero-order valence-corrected chi connectivity index (χ0v) is 7.99. The molecule has 2 heteroatoms. The fourth-order valence-electron chi connectivity index (χ4n) is 1.11. The number of phenolic OH excluding ortho intramolecular Hbond substituents is 1. The van der Waals surface area contributed by atoms with Gasteiger partial charge in [0.2, 0.25) is 0 Å². The minimum atomic E-state index is 0.221. The molecule has 1 aromatic carbocycles. The summed E-state index contributed by atoms with van der Waals surface area (Å²) in [6.45, 7) is 2.84. The topological polar surface area (TPSA) is 29.5 Å². The van der Waals surface area contributed by atoms with Crippen LogP contribution in [0.3, 0.4) is 0 Å². The molecule has 1 N–H and O–H groups in total. The second-order valence-electron chi connectivity index (χ2n) is 3.02. The minimum Gasteiger partial charge on any atom is -0.504 e. The number of unbranched alkanes of at least 4 members (excludes halogenated alkanes) is 2. The van der Waals surface area contributed by atoms with Crippen LogP contribution in [0.5, 0.6) is 11.5 Å². The largest absolute Gasteiger partial charge is 0.504 e. The third-order valence-corrected chi connectivity index (χ3v) is 1.87. The van der Waals surface area contributed by atoms with Crippen molar-refractivity contribution in [2.75, 3.05) is 6.61 Å². The van der Waals surface area contributed by atoms with Crippen LogP contribution in [-0.4, -0.2) is 11.7 Å². The van der Waals surface area contributed by atoms with Gasteiger partial charge in [0.15, 0.2) is 11.5 Å². The molecular formula is C11H16O2. The number of ether oxygens (including phenoxy) is 1. The average molecular weight is 180 g/mol. The maximum Gasteiger partial charge on any atom is 0.160 e. The molecule has 1 aromatic rings. The predicted molar refractivity (Wildman–Crippen MR) is 53.1 cm³/mol. The first-order valence-corrected chi connectivity index (χ1v) is 4.75. The van der Waals surface area contributed by atoms with Crippen molar-refractivity contribution < 1.29 is 9.84 Å². The molecule has 0 radical (unpaired) electrons. The third kappa shape index (κ3) is 3.36. The van der Waals surface area contributed by atoms with Crippen LogP contribution >= 0.6 is 0 Å². The molecule has 0 heterocycles. The lowest BCUT2D eigenvalue weighted by Gasteiger charge is -2.06. The molecule has 72 valence electrons. The maximum absolute atomic E-state index is 9.34. The molecule has 0 aliphatic carbocycles. The van der Waals surface area contributed by atoms with E-state index in [4.69, 9.17) is 4.74 Å². The summed E-state index contributed by atoms with van der Waals surface area (Å²) in [5, 5.41) is 9.34. The van der Waals surface area contributed by atoms with Gasteiger partial charge in [0, 0.05) is 0 Å². The summed E-state index contributed by atoms with van der Waals surface area (Å²) < 4.78 is 5.39. The summed E-state index contributed by atoms with van der Waals surface area (Å²) in [7, 11) is 0. The molecule has 0 atom stereocenters. The summed E-state index contributed by atoms with van der Waals surface area (Å²) in [6, 6.07) is 7.06. The van der Waals surface area contributed by atoms with Crippen molar-refractivity contribution >= 4 is 0 Å². The highest BCUT2D eigenvalue weighted by atomic mass is 16.5. The smallest absolute Gasteiger partial charge is 0.160 e. The van der Waals surface area contributed by atoms with Crippen LogP contribution in [0.25, 0.3) is 0 Å². The molecule has 0 unspecified atom stereocenters. The SMILES string of the molecule is CCCCCOc1ccccc1O. The summed E-state index contributed by atoms with van der Waals surface area (Å²) >= 11 is 0. The highest BCUT2D eigenvalue weighted by molar-refractivity contribution is 5.37. The van der Waals surface area contributed by atoms with Crippen molar-refractivity contribution in [3.8, 4) is 11.5 Å². The van der Waals surface area contributed by atoms with Crippen LogP contribution in [0.1, 0.15) is 26.2 Å². The Labute approximate surface area is 79.2 Å². The van der Waals surface area contributed by atoms with Crippen LogP contribution in [-0.2, 0) is 0 Å². The molecule has 2 nitrogen and oxygen atoms in total. The first kappa shape index (κ1) is 9.90.